The molecule has 0 rings (SSSR count). The van der Waals surface area contributed by atoms with Crippen LogP contribution in [0, 0.1) is 0 Å². The molecule has 0 aliphatic rings. The summed E-state index contributed by atoms with van der Waals surface area (Å²) in [5, 5.41) is 0. The molecule has 0 bridgehead atoms. The van der Waals surface area contributed by atoms with Crippen LogP contribution in [0.2, 0.25) is 0 Å². The summed E-state index contributed by atoms with van der Waals surface area (Å²) in [7, 11) is -8.90. The van der Waals surface area contributed by atoms with Crippen molar-refractivity contribution >= 4 is 50.4 Å². The van der Waals surface area contributed by atoms with Gasteiger partial charge in [0.05, 0.1) is 19.8 Å². The molecular formula is C18H39NaO9S2. The molecule has 0 saturated heterocycles. The molecule has 0 saturated carbocycles. The Balaban J connectivity index is -0.000000215. The molecule has 0 unspecified atom stereocenters. The first-order valence-corrected chi connectivity index (χ1v) is 12.3. The van der Waals surface area contributed by atoms with E-state index in [0.717, 1.165) is 12.8 Å². The van der Waals surface area contributed by atoms with Crippen molar-refractivity contribution in [1.29, 1.82) is 0 Å². The summed E-state index contributed by atoms with van der Waals surface area (Å²) in [6.07, 6.45) is 15.3. The van der Waals surface area contributed by atoms with Crippen molar-refractivity contribution < 1.29 is 39.4 Å². The van der Waals surface area contributed by atoms with Gasteiger partial charge in [-0.1, -0.05) is 76.9 Å². The van der Waals surface area contributed by atoms with E-state index < -0.39 is 20.8 Å². The molecule has 0 radical (unpaired) electrons. The van der Waals surface area contributed by atoms with E-state index in [1.54, 1.807) is 12.2 Å². The predicted molar refractivity (Wildman–Crippen MR) is 122 cm³/mol. The summed E-state index contributed by atoms with van der Waals surface area (Å²) in [5.41, 5.74) is 0. The van der Waals surface area contributed by atoms with Crippen LogP contribution in [-0.2, 0) is 29.7 Å². The van der Waals surface area contributed by atoms with E-state index >= 15 is 0 Å². The molecule has 0 spiro atoms. The fourth-order valence-corrected chi connectivity index (χ4v) is 2.32. The maximum absolute atomic E-state index is 10.2. The van der Waals surface area contributed by atoms with E-state index in [1.807, 2.05) is 0 Å². The quantitative estimate of drug-likeness (QED) is 0.128. The Morgan fingerprint density at radius 2 is 1.07 bits per heavy atom. The second-order valence-electron chi connectivity index (χ2n) is 5.99. The molecule has 12 heteroatoms. The fourth-order valence-electron chi connectivity index (χ4n) is 1.99. The second-order valence-corrected chi connectivity index (χ2v) is 7.98. The van der Waals surface area contributed by atoms with Crippen LogP contribution in [-0.4, -0.2) is 79.9 Å². The number of hydrogen-bond acceptors (Lipinski definition) is 6. The molecular weight excluding hydrogens is 447 g/mol. The Morgan fingerprint density at radius 1 is 0.733 bits per heavy atom. The van der Waals surface area contributed by atoms with E-state index in [-0.39, 0.29) is 36.2 Å². The van der Waals surface area contributed by atoms with Crippen LogP contribution in [0.3, 0.4) is 0 Å². The Morgan fingerprint density at radius 3 is 1.37 bits per heavy atom. The van der Waals surface area contributed by atoms with E-state index in [9.17, 15) is 8.42 Å². The van der Waals surface area contributed by atoms with Gasteiger partial charge in [0.25, 0.3) is 0 Å². The number of unbranched alkanes of at least 4 members (excludes halogenated alkanes) is 9. The number of hydrogen-bond donors (Lipinski definition) is 3. The number of rotatable bonds is 16. The van der Waals surface area contributed by atoms with Crippen molar-refractivity contribution in [2.24, 2.45) is 0 Å². The summed E-state index contributed by atoms with van der Waals surface area (Å²) in [6.45, 7) is 10.5. The third-order valence-electron chi connectivity index (χ3n) is 3.20. The van der Waals surface area contributed by atoms with E-state index in [2.05, 4.69) is 24.3 Å². The van der Waals surface area contributed by atoms with Crippen molar-refractivity contribution in [3.05, 3.63) is 25.3 Å². The van der Waals surface area contributed by atoms with Crippen molar-refractivity contribution in [3.8, 4) is 0 Å². The van der Waals surface area contributed by atoms with Gasteiger partial charge >= 0.3 is 50.4 Å². The van der Waals surface area contributed by atoms with Gasteiger partial charge in [0.2, 0.25) is 0 Å². The van der Waals surface area contributed by atoms with Crippen molar-refractivity contribution in [2.45, 2.75) is 71.1 Å². The Bertz CT molecular complexity index is 548. The summed E-state index contributed by atoms with van der Waals surface area (Å²) >= 11 is 0. The van der Waals surface area contributed by atoms with Crippen molar-refractivity contribution in [1.82, 2.24) is 0 Å². The zero-order valence-corrected chi connectivity index (χ0v) is 19.0. The van der Waals surface area contributed by atoms with Crippen LogP contribution in [0.1, 0.15) is 71.1 Å². The minimum absolute atomic E-state index is 0. The third kappa shape index (κ3) is 63.0. The van der Waals surface area contributed by atoms with Gasteiger partial charge in [-0.15, -0.1) is 13.2 Å². The maximum atomic E-state index is 10.2. The van der Waals surface area contributed by atoms with E-state index in [0.29, 0.717) is 19.6 Å². The van der Waals surface area contributed by atoms with Gasteiger partial charge in [0.15, 0.2) is 0 Å². The van der Waals surface area contributed by atoms with Crippen LogP contribution in [0.15, 0.2) is 25.3 Å². The van der Waals surface area contributed by atoms with Crippen molar-refractivity contribution in [3.63, 3.8) is 0 Å². The SMILES string of the molecule is C=CCOCC=C.CCCCCCCCCCCCOS(=O)(=O)O.O=S(=O)(O)O.[NaH]. The zero-order valence-electron chi connectivity index (χ0n) is 17.4. The van der Waals surface area contributed by atoms with E-state index in [4.69, 9.17) is 26.8 Å². The van der Waals surface area contributed by atoms with Gasteiger partial charge in [0, 0.05) is 0 Å². The van der Waals surface area contributed by atoms with Crippen LogP contribution < -0.4 is 0 Å². The van der Waals surface area contributed by atoms with Crippen LogP contribution in [0.4, 0.5) is 0 Å². The first-order valence-electron chi connectivity index (χ1n) is 9.59. The normalized spacial score (nSPS) is 10.5. The second kappa shape index (κ2) is 27.2. The molecule has 9 nitrogen and oxygen atoms in total. The van der Waals surface area contributed by atoms with Crippen molar-refractivity contribution in [2.75, 3.05) is 19.8 Å². The monoisotopic (exact) mass is 486 g/mol. The summed E-state index contributed by atoms with van der Waals surface area (Å²) in [5.74, 6) is 0. The molecule has 0 aromatic carbocycles. The first-order chi connectivity index (χ1) is 13.5. The van der Waals surface area contributed by atoms with Crippen LogP contribution in [0.5, 0.6) is 0 Å². The molecule has 178 valence electrons. The summed E-state index contributed by atoms with van der Waals surface area (Å²) < 4.78 is 69.5. The third-order valence-corrected chi connectivity index (χ3v) is 3.67. The average molecular weight is 487 g/mol. The van der Waals surface area contributed by atoms with Gasteiger partial charge in [-0.05, 0) is 6.42 Å². The summed E-state index contributed by atoms with van der Waals surface area (Å²) in [4.78, 5) is 0. The number of ether oxygens (including phenoxy) is 1. The van der Waals surface area contributed by atoms with Gasteiger partial charge in [-0.25, -0.2) is 4.18 Å². The molecule has 30 heavy (non-hydrogen) atoms. The molecule has 0 atom stereocenters. The van der Waals surface area contributed by atoms with Crippen LogP contribution in [0.25, 0.3) is 0 Å². The van der Waals surface area contributed by atoms with Gasteiger partial charge in [0.1, 0.15) is 0 Å². The van der Waals surface area contributed by atoms with Gasteiger partial charge in [-0.2, -0.15) is 16.8 Å². The Hall–Kier alpha value is 0.180. The molecule has 0 aliphatic heterocycles. The average Bonchev–Trinajstić information content (AvgIpc) is 2.58. The fraction of sp³-hybridized carbons (Fsp3) is 0.778. The predicted octanol–water partition coefficient (Wildman–Crippen LogP) is 3.80. The summed E-state index contributed by atoms with van der Waals surface area (Å²) in [6, 6.07) is 0. The molecule has 0 aliphatic carbocycles. The standard InChI is InChI=1S/C12H26O4S.C6H10O.Na.H2O4S.H/c1-2-3-4-5-6-7-8-9-10-11-12-16-17(13,14)15;1-3-5-7-6-4-2;;1-5(2,3)4;/h2-12H2,1H3,(H,13,14,15);3-4H,1-2,5-6H2;;(H2,1,2,3,4);. The van der Waals surface area contributed by atoms with Gasteiger partial charge < -0.3 is 4.74 Å². The van der Waals surface area contributed by atoms with Gasteiger partial charge in [-0.3, -0.25) is 13.7 Å². The Labute approximate surface area is 205 Å². The molecule has 0 aromatic heterocycles. The molecule has 0 fully saturated rings. The molecule has 3 N–H and O–H groups in total. The Kier molecular flexibility index (Phi) is 34.0. The molecule has 0 aromatic rings. The molecule has 0 heterocycles. The topological polar surface area (TPSA) is 147 Å². The zero-order chi connectivity index (χ0) is 23.0. The van der Waals surface area contributed by atoms with E-state index in [1.165, 1.54) is 44.9 Å². The molecule has 0 amide bonds. The first kappa shape index (κ1) is 37.5. The minimum atomic E-state index is -4.67. The van der Waals surface area contributed by atoms with Crippen LogP contribution >= 0.6 is 0 Å².